The number of likely N-dealkylation sites (N-methyl/N-ethyl adjacent to an activating group) is 1. The van der Waals surface area contributed by atoms with Gasteiger partial charge in [-0.3, -0.25) is 4.90 Å². The van der Waals surface area contributed by atoms with Crippen molar-refractivity contribution in [1.29, 1.82) is 0 Å². The second kappa shape index (κ2) is 5.31. The summed E-state index contributed by atoms with van der Waals surface area (Å²) in [5, 5.41) is 3.48. The van der Waals surface area contributed by atoms with Crippen LogP contribution in [0.15, 0.2) is 0 Å². The fourth-order valence-corrected chi connectivity index (χ4v) is 3.29. The Morgan fingerprint density at radius 3 is 2.73 bits per heavy atom. The topological polar surface area (TPSA) is 15.3 Å². The quantitative estimate of drug-likeness (QED) is 0.768. The van der Waals surface area contributed by atoms with Gasteiger partial charge in [0.15, 0.2) is 0 Å². The summed E-state index contributed by atoms with van der Waals surface area (Å²) in [4.78, 5) is 2.67. The van der Waals surface area contributed by atoms with E-state index in [1.165, 1.54) is 51.6 Å². The van der Waals surface area contributed by atoms with Crippen molar-refractivity contribution >= 4 is 0 Å². The van der Waals surface area contributed by atoms with E-state index in [9.17, 15) is 0 Å². The molecular formula is C13H26N2. The highest BCUT2D eigenvalue weighted by molar-refractivity contribution is 4.86. The summed E-state index contributed by atoms with van der Waals surface area (Å²) in [5.74, 6) is 1.00. The van der Waals surface area contributed by atoms with Crippen LogP contribution >= 0.6 is 0 Å². The van der Waals surface area contributed by atoms with Crippen molar-refractivity contribution in [2.75, 3.05) is 20.1 Å². The van der Waals surface area contributed by atoms with Crippen molar-refractivity contribution in [3.8, 4) is 0 Å². The number of rotatable bonds is 3. The first-order chi connectivity index (χ1) is 7.31. The van der Waals surface area contributed by atoms with E-state index in [0.717, 1.165) is 18.0 Å². The maximum atomic E-state index is 3.48. The number of nitrogens with one attached hydrogen (secondary N) is 1. The molecule has 1 saturated carbocycles. The van der Waals surface area contributed by atoms with Gasteiger partial charge in [0.25, 0.3) is 0 Å². The third kappa shape index (κ3) is 2.73. The average Bonchev–Trinajstić information content (AvgIpc) is 2.81. The van der Waals surface area contributed by atoms with Crippen molar-refractivity contribution < 1.29 is 0 Å². The van der Waals surface area contributed by atoms with Gasteiger partial charge in [-0.2, -0.15) is 0 Å². The number of hydrogen-bond acceptors (Lipinski definition) is 2. The van der Waals surface area contributed by atoms with Gasteiger partial charge in [0, 0.05) is 18.6 Å². The molecule has 1 N–H and O–H groups in total. The van der Waals surface area contributed by atoms with Crippen LogP contribution in [0.2, 0.25) is 0 Å². The second-order valence-corrected chi connectivity index (χ2v) is 5.41. The van der Waals surface area contributed by atoms with Gasteiger partial charge in [-0.1, -0.05) is 26.2 Å². The molecule has 1 heterocycles. The van der Waals surface area contributed by atoms with E-state index < -0.39 is 0 Å². The van der Waals surface area contributed by atoms with Gasteiger partial charge in [0.1, 0.15) is 0 Å². The first-order valence-corrected chi connectivity index (χ1v) is 6.74. The van der Waals surface area contributed by atoms with E-state index in [2.05, 4.69) is 24.2 Å². The zero-order valence-corrected chi connectivity index (χ0v) is 10.3. The molecule has 2 rings (SSSR count). The molecule has 1 aliphatic heterocycles. The highest BCUT2D eigenvalue weighted by Crippen LogP contribution is 2.30. The standard InChI is InChI=1S/C13H26N2/c1-3-11-5-4-6-12(9-11)15(2)13-7-8-14-10-13/h11-14H,3-10H2,1-2H3. The minimum atomic E-state index is 0.811. The Balaban J connectivity index is 1.85. The average molecular weight is 210 g/mol. The minimum Gasteiger partial charge on any atom is -0.315 e. The van der Waals surface area contributed by atoms with Gasteiger partial charge in [-0.05, 0) is 38.8 Å². The van der Waals surface area contributed by atoms with Crippen molar-refractivity contribution in [3.05, 3.63) is 0 Å². The zero-order chi connectivity index (χ0) is 10.7. The monoisotopic (exact) mass is 210 g/mol. The molecular weight excluding hydrogens is 184 g/mol. The maximum Gasteiger partial charge on any atom is 0.0232 e. The molecule has 0 aromatic rings. The SMILES string of the molecule is CCC1CCCC(N(C)C2CCNC2)C1. The van der Waals surface area contributed by atoms with Crippen LogP contribution in [0, 0.1) is 5.92 Å². The van der Waals surface area contributed by atoms with Crippen molar-refractivity contribution in [3.63, 3.8) is 0 Å². The third-order valence-corrected chi connectivity index (χ3v) is 4.52. The van der Waals surface area contributed by atoms with E-state index >= 15 is 0 Å². The first kappa shape index (κ1) is 11.4. The van der Waals surface area contributed by atoms with Gasteiger partial charge < -0.3 is 5.32 Å². The summed E-state index contributed by atoms with van der Waals surface area (Å²) in [6.45, 7) is 4.78. The molecule has 2 aliphatic rings. The van der Waals surface area contributed by atoms with Gasteiger partial charge in [-0.25, -0.2) is 0 Å². The van der Waals surface area contributed by atoms with Crippen LogP contribution in [0.25, 0.3) is 0 Å². The fraction of sp³-hybridized carbons (Fsp3) is 1.00. The van der Waals surface area contributed by atoms with Crippen molar-refractivity contribution in [2.45, 2.75) is 57.5 Å². The lowest BCUT2D eigenvalue weighted by Crippen LogP contribution is -2.43. The van der Waals surface area contributed by atoms with Crippen LogP contribution in [0.3, 0.4) is 0 Å². The van der Waals surface area contributed by atoms with Crippen LogP contribution in [-0.4, -0.2) is 37.1 Å². The summed E-state index contributed by atoms with van der Waals surface area (Å²) in [6.07, 6.45) is 8.54. The fourth-order valence-electron chi connectivity index (χ4n) is 3.29. The predicted molar refractivity (Wildman–Crippen MR) is 65.1 cm³/mol. The van der Waals surface area contributed by atoms with E-state index in [1.54, 1.807) is 0 Å². The molecule has 2 fully saturated rings. The summed E-state index contributed by atoms with van der Waals surface area (Å²) >= 11 is 0. The molecule has 3 unspecified atom stereocenters. The molecule has 15 heavy (non-hydrogen) atoms. The Morgan fingerprint density at radius 1 is 1.20 bits per heavy atom. The Morgan fingerprint density at radius 2 is 2.07 bits per heavy atom. The number of hydrogen-bond donors (Lipinski definition) is 1. The van der Waals surface area contributed by atoms with Crippen molar-refractivity contribution in [1.82, 2.24) is 10.2 Å². The number of nitrogens with zero attached hydrogens (tertiary/aromatic N) is 1. The second-order valence-electron chi connectivity index (χ2n) is 5.41. The summed E-state index contributed by atoms with van der Waals surface area (Å²) in [5.41, 5.74) is 0. The lowest BCUT2D eigenvalue weighted by atomic mass is 9.83. The lowest BCUT2D eigenvalue weighted by molar-refractivity contribution is 0.120. The maximum absolute atomic E-state index is 3.48. The molecule has 0 bridgehead atoms. The lowest BCUT2D eigenvalue weighted by Gasteiger charge is -2.38. The minimum absolute atomic E-state index is 0.811. The van der Waals surface area contributed by atoms with Crippen LogP contribution in [0.4, 0.5) is 0 Å². The van der Waals surface area contributed by atoms with E-state index in [-0.39, 0.29) is 0 Å². The molecule has 3 atom stereocenters. The molecule has 0 aromatic carbocycles. The molecule has 1 saturated heterocycles. The molecule has 0 spiro atoms. The van der Waals surface area contributed by atoms with E-state index in [0.29, 0.717) is 0 Å². The van der Waals surface area contributed by atoms with Crippen LogP contribution < -0.4 is 5.32 Å². The summed E-state index contributed by atoms with van der Waals surface area (Å²) < 4.78 is 0. The van der Waals surface area contributed by atoms with Gasteiger partial charge in [-0.15, -0.1) is 0 Å². The molecule has 2 nitrogen and oxygen atoms in total. The zero-order valence-electron chi connectivity index (χ0n) is 10.3. The van der Waals surface area contributed by atoms with Crippen molar-refractivity contribution in [2.24, 2.45) is 5.92 Å². The Bertz CT molecular complexity index is 187. The summed E-state index contributed by atoms with van der Waals surface area (Å²) in [6, 6.07) is 1.68. The van der Waals surface area contributed by atoms with Crippen LogP contribution in [0.5, 0.6) is 0 Å². The molecule has 0 radical (unpaired) electrons. The van der Waals surface area contributed by atoms with Gasteiger partial charge in [0.2, 0.25) is 0 Å². The predicted octanol–water partition coefficient (Wildman–Crippen LogP) is 2.25. The Hall–Kier alpha value is -0.0800. The molecule has 0 aromatic heterocycles. The smallest absolute Gasteiger partial charge is 0.0232 e. The molecule has 0 amide bonds. The van der Waals surface area contributed by atoms with E-state index in [1.807, 2.05) is 0 Å². The largest absolute Gasteiger partial charge is 0.315 e. The highest BCUT2D eigenvalue weighted by Gasteiger charge is 2.29. The van der Waals surface area contributed by atoms with E-state index in [4.69, 9.17) is 0 Å². The van der Waals surface area contributed by atoms with Crippen LogP contribution in [0.1, 0.15) is 45.4 Å². The normalized spacial score (nSPS) is 37.4. The first-order valence-electron chi connectivity index (χ1n) is 6.74. The Kier molecular flexibility index (Phi) is 4.04. The highest BCUT2D eigenvalue weighted by atomic mass is 15.2. The molecule has 2 heteroatoms. The molecule has 1 aliphatic carbocycles. The Labute approximate surface area is 94.4 Å². The third-order valence-electron chi connectivity index (χ3n) is 4.52. The van der Waals surface area contributed by atoms with Gasteiger partial charge in [0.05, 0.1) is 0 Å². The summed E-state index contributed by atoms with van der Waals surface area (Å²) in [7, 11) is 2.35. The molecule has 88 valence electrons. The van der Waals surface area contributed by atoms with Gasteiger partial charge >= 0.3 is 0 Å². The van der Waals surface area contributed by atoms with Crippen LogP contribution in [-0.2, 0) is 0 Å².